The summed E-state index contributed by atoms with van der Waals surface area (Å²) in [7, 11) is 0. The van der Waals surface area contributed by atoms with Crippen molar-refractivity contribution in [3.8, 4) is 0 Å². The van der Waals surface area contributed by atoms with Gasteiger partial charge in [-0.2, -0.15) is 0 Å². The van der Waals surface area contributed by atoms with Gasteiger partial charge in [-0.15, -0.1) is 0 Å². The van der Waals surface area contributed by atoms with Crippen LogP contribution in [-0.4, -0.2) is 28.8 Å². The fraction of sp³-hybridized carbons (Fsp3) is 0.833. The Hall–Kier alpha value is -0.900. The fourth-order valence-electron chi connectivity index (χ4n) is 2.87. The van der Waals surface area contributed by atoms with Crippen LogP contribution < -0.4 is 5.73 Å². The molecule has 1 spiro atoms. The number of rotatable bonds is 2. The van der Waals surface area contributed by atoms with E-state index in [1.165, 1.54) is 4.90 Å². The highest BCUT2D eigenvalue weighted by Crippen LogP contribution is 2.46. The van der Waals surface area contributed by atoms with Gasteiger partial charge in [-0.25, -0.2) is 0 Å². The summed E-state index contributed by atoms with van der Waals surface area (Å²) in [6.07, 6.45) is 4.29. The first-order chi connectivity index (χ1) is 7.34. The molecule has 2 amide bonds. The van der Waals surface area contributed by atoms with Crippen molar-refractivity contribution in [2.24, 2.45) is 11.1 Å². The molecule has 4 nitrogen and oxygen atoms in total. The molecule has 2 rings (SSSR count). The zero-order valence-electron chi connectivity index (χ0n) is 10.1. The highest BCUT2D eigenvalue weighted by atomic mass is 16.2. The van der Waals surface area contributed by atoms with Gasteiger partial charge in [0.25, 0.3) is 0 Å². The lowest BCUT2D eigenvalue weighted by Gasteiger charge is -2.27. The molecule has 1 heterocycles. The van der Waals surface area contributed by atoms with E-state index in [0.29, 0.717) is 13.0 Å². The summed E-state index contributed by atoms with van der Waals surface area (Å²) in [5, 5.41) is 0. The van der Waals surface area contributed by atoms with Gasteiger partial charge in [-0.3, -0.25) is 14.5 Å². The van der Waals surface area contributed by atoms with Crippen LogP contribution in [0.5, 0.6) is 0 Å². The van der Waals surface area contributed by atoms with Gasteiger partial charge in [-0.05, 0) is 26.7 Å². The number of hydrogen-bond acceptors (Lipinski definition) is 3. The Kier molecular flexibility index (Phi) is 2.57. The number of nitrogens with two attached hydrogens (primary N) is 1. The van der Waals surface area contributed by atoms with Crippen LogP contribution in [0.25, 0.3) is 0 Å². The molecule has 0 unspecified atom stereocenters. The molecular formula is C12H20N2O2. The molecule has 0 aromatic rings. The van der Waals surface area contributed by atoms with Crippen LogP contribution in [0.4, 0.5) is 0 Å². The van der Waals surface area contributed by atoms with Crippen LogP contribution in [0.1, 0.15) is 46.0 Å². The highest BCUT2D eigenvalue weighted by Gasteiger charge is 2.52. The number of hydrogen-bond donors (Lipinski definition) is 1. The summed E-state index contributed by atoms with van der Waals surface area (Å²) < 4.78 is 0. The van der Waals surface area contributed by atoms with Gasteiger partial charge in [0.1, 0.15) is 0 Å². The van der Waals surface area contributed by atoms with Crippen LogP contribution in [0.2, 0.25) is 0 Å². The second kappa shape index (κ2) is 3.55. The Balaban J connectivity index is 2.17. The van der Waals surface area contributed by atoms with Gasteiger partial charge in [-0.1, -0.05) is 12.8 Å². The lowest BCUT2D eigenvalue weighted by molar-refractivity contribution is -0.142. The third-order valence-corrected chi connectivity index (χ3v) is 3.62. The number of carbonyl (C=O) groups is 2. The molecule has 1 aliphatic heterocycles. The van der Waals surface area contributed by atoms with E-state index in [4.69, 9.17) is 5.73 Å². The lowest BCUT2D eigenvalue weighted by Crippen LogP contribution is -2.48. The summed E-state index contributed by atoms with van der Waals surface area (Å²) in [5.74, 6) is -0.0149. The molecule has 2 aliphatic rings. The molecule has 16 heavy (non-hydrogen) atoms. The number of amides is 2. The smallest absolute Gasteiger partial charge is 0.235 e. The number of carbonyl (C=O) groups excluding carboxylic acids is 2. The fourth-order valence-corrected chi connectivity index (χ4v) is 2.87. The molecule has 0 radical (unpaired) electrons. The maximum atomic E-state index is 12.3. The van der Waals surface area contributed by atoms with Crippen molar-refractivity contribution in [2.45, 2.75) is 51.5 Å². The summed E-state index contributed by atoms with van der Waals surface area (Å²) in [4.78, 5) is 25.5. The Morgan fingerprint density at radius 2 is 1.88 bits per heavy atom. The van der Waals surface area contributed by atoms with Crippen molar-refractivity contribution in [2.75, 3.05) is 6.54 Å². The minimum Gasteiger partial charge on any atom is -0.324 e. The van der Waals surface area contributed by atoms with Crippen molar-refractivity contribution in [1.82, 2.24) is 4.90 Å². The van der Waals surface area contributed by atoms with Gasteiger partial charge < -0.3 is 5.73 Å². The topological polar surface area (TPSA) is 63.4 Å². The largest absolute Gasteiger partial charge is 0.324 e. The van der Waals surface area contributed by atoms with E-state index in [-0.39, 0.29) is 17.2 Å². The van der Waals surface area contributed by atoms with Crippen LogP contribution in [0, 0.1) is 5.41 Å². The molecule has 1 saturated carbocycles. The summed E-state index contributed by atoms with van der Waals surface area (Å²) >= 11 is 0. The Morgan fingerprint density at radius 1 is 1.31 bits per heavy atom. The van der Waals surface area contributed by atoms with Gasteiger partial charge in [0.15, 0.2) is 0 Å². The third-order valence-electron chi connectivity index (χ3n) is 3.62. The molecule has 2 N–H and O–H groups in total. The second-order valence-corrected chi connectivity index (χ2v) is 5.94. The zero-order valence-corrected chi connectivity index (χ0v) is 10.1. The maximum absolute atomic E-state index is 12.3. The van der Waals surface area contributed by atoms with E-state index in [1.54, 1.807) is 0 Å². The predicted molar refractivity (Wildman–Crippen MR) is 60.5 cm³/mol. The molecular weight excluding hydrogens is 204 g/mol. The monoisotopic (exact) mass is 224 g/mol. The number of likely N-dealkylation sites (tertiary alicyclic amines) is 1. The number of imide groups is 1. The van der Waals surface area contributed by atoms with Crippen LogP contribution in [0.15, 0.2) is 0 Å². The van der Waals surface area contributed by atoms with Gasteiger partial charge in [0.05, 0.1) is 5.41 Å². The quantitative estimate of drug-likeness (QED) is 0.713. The standard InChI is InChI=1S/C12H20N2O2/c1-11(2,13)8-14-9(15)7-12(10(14)16)5-3-4-6-12/h3-8,13H2,1-2H3. The molecule has 0 atom stereocenters. The van der Waals surface area contributed by atoms with Crippen molar-refractivity contribution >= 4 is 11.8 Å². The van der Waals surface area contributed by atoms with Crippen molar-refractivity contribution < 1.29 is 9.59 Å². The van der Waals surface area contributed by atoms with Crippen molar-refractivity contribution in [3.05, 3.63) is 0 Å². The Labute approximate surface area is 96.2 Å². The minimum atomic E-state index is -0.505. The molecule has 1 aliphatic carbocycles. The summed E-state index contributed by atoms with van der Waals surface area (Å²) in [6.45, 7) is 4.02. The SMILES string of the molecule is CC(C)(N)CN1C(=O)CC2(CCCC2)C1=O. The van der Waals surface area contributed by atoms with Crippen LogP contribution >= 0.6 is 0 Å². The van der Waals surface area contributed by atoms with Crippen LogP contribution in [-0.2, 0) is 9.59 Å². The first-order valence-electron chi connectivity index (χ1n) is 5.98. The number of nitrogens with zero attached hydrogens (tertiary/aromatic N) is 1. The minimum absolute atomic E-state index is 0.0218. The molecule has 2 fully saturated rings. The van der Waals surface area contributed by atoms with Crippen molar-refractivity contribution in [3.63, 3.8) is 0 Å². The van der Waals surface area contributed by atoms with E-state index in [1.807, 2.05) is 13.8 Å². The molecule has 0 aromatic heterocycles. The van der Waals surface area contributed by atoms with Gasteiger partial charge in [0, 0.05) is 18.5 Å². The summed E-state index contributed by atoms with van der Waals surface area (Å²) in [5.41, 5.74) is 5.02. The first kappa shape index (κ1) is 11.6. The molecule has 4 heteroatoms. The normalized spacial score (nSPS) is 24.8. The third kappa shape index (κ3) is 1.86. The zero-order chi connectivity index (χ0) is 12.0. The Bertz CT molecular complexity index is 324. The van der Waals surface area contributed by atoms with E-state index in [0.717, 1.165) is 25.7 Å². The van der Waals surface area contributed by atoms with Gasteiger partial charge >= 0.3 is 0 Å². The Morgan fingerprint density at radius 3 is 2.38 bits per heavy atom. The van der Waals surface area contributed by atoms with Crippen LogP contribution in [0.3, 0.4) is 0 Å². The molecule has 0 aromatic carbocycles. The molecule has 0 bridgehead atoms. The van der Waals surface area contributed by atoms with Crippen molar-refractivity contribution in [1.29, 1.82) is 0 Å². The highest BCUT2D eigenvalue weighted by molar-refractivity contribution is 6.06. The van der Waals surface area contributed by atoms with E-state index < -0.39 is 5.54 Å². The molecule has 1 saturated heterocycles. The second-order valence-electron chi connectivity index (χ2n) is 5.94. The van der Waals surface area contributed by atoms with E-state index in [9.17, 15) is 9.59 Å². The van der Waals surface area contributed by atoms with Gasteiger partial charge in [0.2, 0.25) is 11.8 Å². The van der Waals surface area contributed by atoms with E-state index in [2.05, 4.69) is 0 Å². The lowest BCUT2D eigenvalue weighted by atomic mass is 9.84. The average molecular weight is 224 g/mol. The summed E-state index contributed by atoms with van der Waals surface area (Å²) in [6, 6.07) is 0. The molecule has 90 valence electrons. The first-order valence-corrected chi connectivity index (χ1v) is 5.98. The average Bonchev–Trinajstić information content (AvgIpc) is 2.68. The van der Waals surface area contributed by atoms with E-state index >= 15 is 0 Å². The maximum Gasteiger partial charge on any atom is 0.235 e. The predicted octanol–water partition coefficient (Wildman–Crippen LogP) is 1.04.